The minimum absolute atomic E-state index is 0.197. The lowest BCUT2D eigenvalue weighted by atomic mass is 10.1. The van der Waals surface area contributed by atoms with Crippen molar-refractivity contribution in [3.63, 3.8) is 0 Å². The summed E-state index contributed by atoms with van der Waals surface area (Å²) in [5.74, 6) is 1.62. The molecule has 0 spiro atoms. The number of thioether (sulfide) groups is 1. The van der Waals surface area contributed by atoms with Crippen LogP contribution in [0.3, 0.4) is 0 Å². The maximum Gasteiger partial charge on any atom is 0.336 e. The van der Waals surface area contributed by atoms with Crippen molar-refractivity contribution < 1.29 is 13.6 Å². The van der Waals surface area contributed by atoms with Crippen LogP contribution in [-0.2, 0) is 12.3 Å². The Balaban J connectivity index is 1.58. The van der Waals surface area contributed by atoms with Crippen LogP contribution in [0, 0.1) is 0 Å². The van der Waals surface area contributed by atoms with Gasteiger partial charge in [-0.2, -0.15) is 0 Å². The first-order valence-electron chi connectivity index (χ1n) is 9.98. The zero-order chi connectivity index (χ0) is 22.9. The quantitative estimate of drug-likeness (QED) is 0.190. The predicted molar refractivity (Wildman–Crippen MR) is 127 cm³/mol. The summed E-state index contributed by atoms with van der Waals surface area (Å²) in [7, 11) is 1.55. The van der Waals surface area contributed by atoms with Gasteiger partial charge in [-0.25, -0.2) is 9.78 Å². The number of hydrogen-bond donors (Lipinski definition) is 0. The molecule has 3 heterocycles. The number of furan rings is 1. The van der Waals surface area contributed by atoms with E-state index in [0.29, 0.717) is 43.9 Å². The third-order valence-electron chi connectivity index (χ3n) is 5.17. The van der Waals surface area contributed by atoms with E-state index >= 15 is 0 Å². The minimum Gasteiger partial charge on any atom is -0.497 e. The number of fused-ring (bicyclic) bond motifs is 2. The van der Waals surface area contributed by atoms with Crippen LogP contribution in [0.1, 0.15) is 11.3 Å². The first kappa shape index (κ1) is 21.4. The van der Waals surface area contributed by atoms with E-state index in [1.807, 2.05) is 6.07 Å². The maximum atomic E-state index is 13.3. The SMILES string of the molecule is COc1ccc2c(CSc3nc4cc(Cl)ccc4c(=O)n3Cc3ccco3)cc(=O)oc2c1. The number of hydrogen-bond acceptors (Lipinski definition) is 7. The summed E-state index contributed by atoms with van der Waals surface area (Å²) < 4.78 is 17.6. The summed E-state index contributed by atoms with van der Waals surface area (Å²) in [6.07, 6.45) is 1.56. The predicted octanol–water partition coefficient (Wildman–Crippen LogP) is 5.10. The van der Waals surface area contributed by atoms with E-state index < -0.39 is 5.63 Å². The minimum atomic E-state index is -0.461. The van der Waals surface area contributed by atoms with E-state index in [9.17, 15) is 9.59 Å². The first-order chi connectivity index (χ1) is 16.0. The normalized spacial score (nSPS) is 11.3. The molecule has 0 radical (unpaired) electrons. The Kier molecular flexibility index (Phi) is 5.70. The van der Waals surface area contributed by atoms with E-state index in [4.69, 9.17) is 30.2 Å². The van der Waals surface area contributed by atoms with Crippen molar-refractivity contribution in [3.05, 3.63) is 98.0 Å². The van der Waals surface area contributed by atoms with Crippen molar-refractivity contribution in [3.8, 4) is 5.75 Å². The molecule has 33 heavy (non-hydrogen) atoms. The van der Waals surface area contributed by atoms with Crippen LogP contribution in [0.2, 0.25) is 5.02 Å². The van der Waals surface area contributed by atoms with Crippen molar-refractivity contribution >= 4 is 45.2 Å². The molecule has 0 amide bonds. The highest BCUT2D eigenvalue weighted by Gasteiger charge is 2.15. The largest absolute Gasteiger partial charge is 0.497 e. The van der Waals surface area contributed by atoms with Gasteiger partial charge in [0.1, 0.15) is 17.1 Å². The second kappa shape index (κ2) is 8.80. The molecule has 0 saturated heterocycles. The van der Waals surface area contributed by atoms with E-state index in [2.05, 4.69) is 0 Å². The number of aromatic nitrogens is 2. The molecule has 0 aliphatic rings. The Bertz CT molecular complexity index is 1590. The van der Waals surface area contributed by atoms with Crippen LogP contribution < -0.4 is 15.9 Å². The van der Waals surface area contributed by atoms with Gasteiger partial charge in [-0.05, 0) is 48.0 Å². The molecule has 166 valence electrons. The standard InChI is InChI=1S/C24H17ClN2O5S/c1-30-16-5-7-18-14(9-22(28)32-21(18)11-16)13-33-24-26-20-10-15(25)4-6-19(20)23(29)27(24)12-17-3-2-8-31-17/h2-11H,12-13H2,1H3. The summed E-state index contributed by atoms with van der Waals surface area (Å²) in [5.41, 5.74) is 1.05. The molecule has 3 aromatic heterocycles. The van der Waals surface area contributed by atoms with Crippen molar-refractivity contribution in [1.29, 1.82) is 0 Å². The number of rotatable bonds is 6. The van der Waals surface area contributed by atoms with Gasteiger partial charge in [0, 0.05) is 28.3 Å². The van der Waals surface area contributed by atoms with Crippen LogP contribution in [-0.4, -0.2) is 16.7 Å². The summed E-state index contributed by atoms with van der Waals surface area (Å²) in [4.78, 5) is 30.1. The molecule has 0 fully saturated rings. The highest BCUT2D eigenvalue weighted by molar-refractivity contribution is 7.98. The second-order valence-electron chi connectivity index (χ2n) is 7.27. The van der Waals surface area contributed by atoms with Gasteiger partial charge in [0.05, 0.1) is 30.8 Å². The molecule has 5 rings (SSSR count). The van der Waals surface area contributed by atoms with Crippen LogP contribution in [0.15, 0.2) is 84.4 Å². The van der Waals surface area contributed by atoms with Crippen LogP contribution in [0.4, 0.5) is 0 Å². The number of nitrogens with zero attached hydrogens (tertiary/aromatic N) is 2. The Morgan fingerprint density at radius 3 is 2.73 bits per heavy atom. The molecule has 0 saturated carbocycles. The van der Waals surface area contributed by atoms with Gasteiger partial charge in [-0.3, -0.25) is 9.36 Å². The lowest BCUT2D eigenvalue weighted by molar-refractivity contribution is 0.414. The van der Waals surface area contributed by atoms with Crippen molar-refractivity contribution in [2.24, 2.45) is 0 Å². The van der Waals surface area contributed by atoms with Gasteiger partial charge in [-0.1, -0.05) is 23.4 Å². The van der Waals surface area contributed by atoms with E-state index in [-0.39, 0.29) is 12.1 Å². The fourth-order valence-corrected chi connectivity index (χ4v) is 4.74. The molecule has 5 aromatic rings. The molecule has 9 heteroatoms. The summed E-state index contributed by atoms with van der Waals surface area (Å²) >= 11 is 7.48. The average Bonchev–Trinajstić information content (AvgIpc) is 3.32. The highest BCUT2D eigenvalue weighted by Crippen LogP contribution is 2.29. The van der Waals surface area contributed by atoms with Gasteiger partial charge in [0.2, 0.25) is 0 Å². The number of methoxy groups -OCH3 is 1. The van der Waals surface area contributed by atoms with Gasteiger partial charge in [0.25, 0.3) is 5.56 Å². The smallest absolute Gasteiger partial charge is 0.336 e. The molecule has 0 N–H and O–H groups in total. The van der Waals surface area contributed by atoms with Crippen LogP contribution >= 0.6 is 23.4 Å². The molecule has 0 unspecified atom stereocenters. The number of benzene rings is 2. The molecule has 0 aliphatic heterocycles. The third kappa shape index (κ3) is 4.27. The molecule has 0 atom stereocenters. The van der Waals surface area contributed by atoms with Gasteiger partial charge >= 0.3 is 5.63 Å². The first-order valence-corrected chi connectivity index (χ1v) is 11.3. The second-order valence-corrected chi connectivity index (χ2v) is 8.65. The van der Waals surface area contributed by atoms with Crippen LogP contribution in [0.25, 0.3) is 21.9 Å². The topological polar surface area (TPSA) is 87.5 Å². The average molecular weight is 481 g/mol. The van der Waals surface area contributed by atoms with Crippen LogP contribution in [0.5, 0.6) is 5.75 Å². The highest BCUT2D eigenvalue weighted by atomic mass is 35.5. The molecular formula is C24H17ClN2O5S. The van der Waals surface area contributed by atoms with E-state index in [1.165, 1.54) is 17.8 Å². The Hall–Kier alpha value is -3.49. The zero-order valence-electron chi connectivity index (χ0n) is 17.4. The van der Waals surface area contributed by atoms with E-state index in [0.717, 1.165) is 10.9 Å². The lowest BCUT2D eigenvalue weighted by Gasteiger charge is -2.13. The number of halogens is 1. The van der Waals surface area contributed by atoms with Crippen molar-refractivity contribution in [1.82, 2.24) is 9.55 Å². The van der Waals surface area contributed by atoms with Gasteiger partial charge in [-0.15, -0.1) is 0 Å². The van der Waals surface area contributed by atoms with Gasteiger partial charge < -0.3 is 13.6 Å². The third-order valence-corrected chi connectivity index (χ3v) is 6.43. The monoisotopic (exact) mass is 480 g/mol. The van der Waals surface area contributed by atoms with Gasteiger partial charge in [0.15, 0.2) is 5.16 Å². The fraction of sp³-hybridized carbons (Fsp3) is 0.125. The zero-order valence-corrected chi connectivity index (χ0v) is 19.0. The number of ether oxygens (including phenoxy) is 1. The molecule has 2 aromatic carbocycles. The van der Waals surface area contributed by atoms with Crippen molar-refractivity contribution in [2.75, 3.05) is 7.11 Å². The Morgan fingerprint density at radius 1 is 1.09 bits per heavy atom. The lowest BCUT2D eigenvalue weighted by Crippen LogP contribution is -2.23. The van der Waals surface area contributed by atoms with Crippen molar-refractivity contribution in [2.45, 2.75) is 17.5 Å². The molecule has 0 bridgehead atoms. The molecular weight excluding hydrogens is 464 g/mol. The Labute approximate surface area is 196 Å². The maximum absolute atomic E-state index is 13.3. The Morgan fingerprint density at radius 2 is 1.94 bits per heavy atom. The summed E-state index contributed by atoms with van der Waals surface area (Å²) in [6, 6.07) is 15.3. The molecule has 7 nitrogen and oxygen atoms in total. The summed E-state index contributed by atoms with van der Waals surface area (Å²) in [6.45, 7) is 0.231. The molecule has 0 aliphatic carbocycles. The summed E-state index contributed by atoms with van der Waals surface area (Å²) in [5, 5.41) is 2.23. The van der Waals surface area contributed by atoms with E-state index in [1.54, 1.807) is 60.4 Å². The fourth-order valence-electron chi connectivity index (χ4n) is 3.58.